The van der Waals surface area contributed by atoms with Gasteiger partial charge in [-0.15, -0.1) is 0 Å². The van der Waals surface area contributed by atoms with Crippen molar-refractivity contribution < 1.29 is 9.53 Å². The topological polar surface area (TPSA) is 79.4 Å². The lowest BCUT2D eigenvalue weighted by Crippen LogP contribution is -2.48. The van der Waals surface area contributed by atoms with E-state index in [-0.39, 0.29) is 17.6 Å². The molecule has 0 spiro atoms. The second kappa shape index (κ2) is 6.73. The number of aromatic nitrogens is 2. The van der Waals surface area contributed by atoms with Crippen LogP contribution in [0.5, 0.6) is 11.5 Å². The van der Waals surface area contributed by atoms with Gasteiger partial charge in [0.2, 0.25) is 0 Å². The molecule has 2 aliphatic heterocycles. The lowest BCUT2D eigenvalue weighted by atomic mass is 9.74. The number of ether oxygens (including phenoxy) is 1. The number of nitrogens with zero attached hydrogens (tertiary/aromatic N) is 2. The number of Topliss-reactive ketones (excluding diaryl/α,β-unsaturated/α-hetero) is 1. The highest BCUT2D eigenvalue weighted by molar-refractivity contribution is 6.11. The number of rotatable bonds is 3. The molecular formula is C22H20N4O2. The van der Waals surface area contributed by atoms with Crippen molar-refractivity contribution in [3.8, 4) is 11.5 Å². The van der Waals surface area contributed by atoms with E-state index in [0.29, 0.717) is 13.1 Å². The number of aryl methyl sites for hydroxylation is 1. The second-order valence-electron chi connectivity index (χ2n) is 7.29. The average molecular weight is 372 g/mol. The molecule has 1 aromatic heterocycles. The van der Waals surface area contributed by atoms with Crippen LogP contribution in [0.4, 0.5) is 5.82 Å². The van der Waals surface area contributed by atoms with Crippen LogP contribution in [0.25, 0.3) is 0 Å². The number of benzene rings is 2. The summed E-state index contributed by atoms with van der Waals surface area (Å²) < 4.78 is 6.05. The molecule has 0 amide bonds. The molecule has 5 rings (SSSR count). The van der Waals surface area contributed by atoms with Gasteiger partial charge in [0.1, 0.15) is 11.5 Å². The van der Waals surface area contributed by atoms with E-state index in [9.17, 15) is 4.79 Å². The van der Waals surface area contributed by atoms with E-state index in [1.807, 2.05) is 55.5 Å². The third-order valence-electron chi connectivity index (χ3n) is 5.36. The summed E-state index contributed by atoms with van der Waals surface area (Å²) in [6, 6.07) is 15.9. The Hall–Kier alpha value is -3.25. The molecule has 3 heterocycles. The monoisotopic (exact) mass is 372 g/mol. The molecule has 0 aliphatic carbocycles. The highest BCUT2D eigenvalue weighted by atomic mass is 16.5. The third kappa shape index (κ3) is 2.92. The Bertz CT molecular complexity index is 1070. The van der Waals surface area contributed by atoms with Crippen molar-refractivity contribution in [3.63, 3.8) is 0 Å². The number of H-pyrrole nitrogens is 1. The Morgan fingerprint density at radius 1 is 1.04 bits per heavy atom. The van der Waals surface area contributed by atoms with E-state index >= 15 is 0 Å². The summed E-state index contributed by atoms with van der Waals surface area (Å²) in [6.45, 7) is 3.03. The zero-order valence-corrected chi connectivity index (χ0v) is 15.5. The second-order valence-corrected chi connectivity index (χ2v) is 7.29. The Morgan fingerprint density at radius 2 is 1.89 bits per heavy atom. The summed E-state index contributed by atoms with van der Waals surface area (Å²) in [5.74, 6) is 2.05. The van der Waals surface area contributed by atoms with Crippen LogP contribution in [0.15, 0.2) is 59.7 Å². The van der Waals surface area contributed by atoms with E-state index in [4.69, 9.17) is 4.74 Å². The van der Waals surface area contributed by atoms with Crippen LogP contribution in [0.2, 0.25) is 0 Å². The number of fused-ring (bicyclic) bond motifs is 2. The molecule has 3 aromatic rings. The van der Waals surface area contributed by atoms with Crippen LogP contribution < -0.4 is 10.1 Å². The predicted molar refractivity (Wildman–Crippen MR) is 107 cm³/mol. The molecule has 0 bridgehead atoms. The molecule has 140 valence electrons. The molecule has 28 heavy (non-hydrogen) atoms. The minimum Gasteiger partial charge on any atom is -0.457 e. The third-order valence-corrected chi connectivity index (χ3v) is 5.36. The molecule has 2 aliphatic rings. The Morgan fingerprint density at radius 3 is 2.75 bits per heavy atom. The molecule has 0 radical (unpaired) electrons. The van der Waals surface area contributed by atoms with Crippen molar-refractivity contribution in [1.29, 1.82) is 0 Å². The number of nitrogens with one attached hydrogen (secondary N) is 2. The number of aliphatic imine (C=N–C) groups is 1. The lowest BCUT2D eigenvalue weighted by molar-refractivity contribution is -0.120. The first-order valence-electron chi connectivity index (χ1n) is 9.38. The molecule has 2 atom stereocenters. The quantitative estimate of drug-likeness (QED) is 0.737. The maximum Gasteiger partial charge on any atom is 0.156 e. The highest BCUT2D eigenvalue weighted by Crippen LogP contribution is 2.43. The van der Waals surface area contributed by atoms with Crippen molar-refractivity contribution in [3.05, 3.63) is 71.4 Å². The maximum absolute atomic E-state index is 12.7. The fourth-order valence-electron chi connectivity index (χ4n) is 4.02. The number of carbonyl (C=O) groups excluding carboxylic acids is 1. The minimum absolute atomic E-state index is 0.114. The van der Waals surface area contributed by atoms with Gasteiger partial charge in [0.15, 0.2) is 11.6 Å². The van der Waals surface area contributed by atoms with Gasteiger partial charge in [-0.1, -0.05) is 29.8 Å². The number of hydrogen-bond acceptors (Lipinski definition) is 5. The molecule has 0 saturated carbocycles. The first kappa shape index (κ1) is 16.9. The molecule has 2 unspecified atom stereocenters. The average Bonchev–Trinajstić information content (AvgIpc) is 3.17. The molecular weight excluding hydrogens is 352 g/mol. The minimum atomic E-state index is -0.263. The zero-order chi connectivity index (χ0) is 19.1. The van der Waals surface area contributed by atoms with E-state index in [1.165, 1.54) is 5.56 Å². The van der Waals surface area contributed by atoms with Crippen LogP contribution in [0.3, 0.4) is 0 Å². The number of piperidine rings is 1. The van der Waals surface area contributed by atoms with E-state index in [1.54, 1.807) is 6.20 Å². The van der Waals surface area contributed by atoms with Crippen LogP contribution in [-0.4, -0.2) is 34.8 Å². The normalized spacial score (nSPS) is 20.9. The number of carbonyl (C=O) groups is 1. The van der Waals surface area contributed by atoms with Crippen molar-refractivity contribution in [2.75, 3.05) is 13.1 Å². The smallest absolute Gasteiger partial charge is 0.156 e. The van der Waals surface area contributed by atoms with Gasteiger partial charge in [0, 0.05) is 23.7 Å². The fraction of sp³-hybridized carbons (Fsp3) is 0.227. The molecule has 6 nitrogen and oxygen atoms in total. The standard InChI is InChI=1S/C22H20N4O2/c1-13-5-7-15(8-6-13)28-16-4-2-3-14(9-16)20-17-10-24-26-22(17)25-18-11-23-12-19(27)21(18)20/h2-10,20-21,23H,11-12H2,1H3,(H,24,26). The van der Waals surface area contributed by atoms with Gasteiger partial charge >= 0.3 is 0 Å². The number of hydrogen-bond donors (Lipinski definition) is 2. The summed E-state index contributed by atoms with van der Waals surface area (Å²) in [6.07, 6.45) is 1.78. The largest absolute Gasteiger partial charge is 0.457 e. The van der Waals surface area contributed by atoms with Crippen molar-refractivity contribution in [1.82, 2.24) is 15.5 Å². The Labute approximate surface area is 162 Å². The van der Waals surface area contributed by atoms with E-state index < -0.39 is 0 Å². The van der Waals surface area contributed by atoms with Crippen LogP contribution in [0.1, 0.15) is 22.6 Å². The molecule has 2 N–H and O–H groups in total. The predicted octanol–water partition coefficient (Wildman–Crippen LogP) is 3.52. The van der Waals surface area contributed by atoms with Gasteiger partial charge < -0.3 is 10.1 Å². The van der Waals surface area contributed by atoms with Gasteiger partial charge in [-0.2, -0.15) is 5.10 Å². The van der Waals surface area contributed by atoms with Gasteiger partial charge in [-0.3, -0.25) is 9.89 Å². The van der Waals surface area contributed by atoms with Crippen LogP contribution in [0, 0.1) is 12.8 Å². The Balaban J connectivity index is 1.53. The SMILES string of the molecule is Cc1ccc(Oc2cccc(C3c4cn[nH]c4N=C4CNCC(=O)C43)c2)cc1. The van der Waals surface area contributed by atoms with Crippen LogP contribution in [-0.2, 0) is 4.79 Å². The fourth-order valence-corrected chi connectivity index (χ4v) is 4.02. The molecule has 1 saturated heterocycles. The zero-order valence-electron chi connectivity index (χ0n) is 15.5. The van der Waals surface area contributed by atoms with Gasteiger partial charge in [0.05, 0.1) is 18.7 Å². The van der Waals surface area contributed by atoms with Crippen LogP contribution >= 0.6 is 0 Å². The molecule has 1 fully saturated rings. The van der Waals surface area contributed by atoms with Gasteiger partial charge in [-0.25, -0.2) is 4.99 Å². The maximum atomic E-state index is 12.7. The van der Waals surface area contributed by atoms with Crippen molar-refractivity contribution in [2.24, 2.45) is 10.9 Å². The lowest BCUT2D eigenvalue weighted by Gasteiger charge is -2.34. The van der Waals surface area contributed by atoms with Gasteiger partial charge in [0.25, 0.3) is 0 Å². The number of aromatic amines is 1. The number of ketones is 1. The molecule has 6 heteroatoms. The Kier molecular flexibility index (Phi) is 4.06. The van der Waals surface area contributed by atoms with E-state index in [2.05, 4.69) is 20.5 Å². The van der Waals surface area contributed by atoms with Crippen molar-refractivity contribution >= 4 is 17.3 Å². The molecule has 2 aromatic carbocycles. The summed E-state index contributed by atoms with van der Waals surface area (Å²) in [4.78, 5) is 17.4. The van der Waals surface area contributed by atoms with Crippen molar-refractivity contribution in [2.45, 2.75) is 12.8 Å². The van der Waals surface area contributed by atoms with E-state index in [0.717, 1.165) is 34.2 Å². The summed E-state index contributed by atoms with van der Waals surface area (Å²) in [5.41, 5.74) is 4.03. The summed E-state index contributed by atoms with van der Waals surface area (Å²) >= 11 is 0. The summed E-state index contributed by atoms with van der Waals surface area (Å²) in [7, 11) is 0. The summed E-state index contributed by atoms with van der Waals surface area (Å²) in [5, 5.41) is 10.3. The highest BCUT2D eigenvalue weighted by Gasteiger charge is 2.41. The first-order chi connectivity index (χ1) is 13.7. The van der Waals surface area contributed by atoms with Gasteiger partial charge in [-0.05, 0) is 36.8 Å². The first-order valence-corrected chi connectivity index (χ1v) is 9.38.